The predicted molar refractivity (Wildman–Crippen MR) is 149 cm³/mol. The van der Waals surface area contributed by atoms with Crippen molar-refractivity contribution in [1.82, 2.24) is 4.90 Å². The standard InChI is InChI=1S/C30H26Cl2N2O7/c1-14(35)15-4-6-16(7-5-15)34-25(37)20-11-10-18-21(23(20)26(34)38)13-29(31)27(39)33(2)28(40)30(29,32)24(18)19-9-8-17(36)12-22(19)41-3/h4-10,12,20-21,23-24,36H,11,13H2,1-3H3/t20-,21+,23-,24+,29+,30-/m0/s1. The van der Waals surface area contributed by atoms with Crippen molar-refractivity contribution in [3.05, 3.63) is 65.2 Å². The zero-order valence-electron chi connectivity index (χ0n) is 22.4. The predicted octanol–water partition coefficient (Wildman–Crippen LogP) is 3.80. The maximum Gasteiger partial charge on any atom is 0.253 e. The number of alkyl halides is 2. The van der Waals surface area contributed by atoms with Crippen molar-refractivity contribution in [1.29, 1.82) is 0 Å². The molecule has 2 aliphatic carbocycles. The minimum Gasteiger partial charge on any atom is -0.508 e. The molecule has 3 fully saturated rings. The minimum absolute atomic E-state index is 0.0784. The van der Waals surface area contributed by atoms with Crippen LogP contribution in [0, 0.1) is 17.8 Å². The number of nitrogens with zero attached hydrogens (tertiary/aromatic N) is 2. The lowest BCUT2D eigenvalue weighted by Gasteiger charge is -2.51. The fraction of sp³-hybridized carbons (Fsp3) is 0.367. The molecule has 2 saturated heterocycles. The molecule has 1 N–H and O–H groups in total. The molecule has 11 heteroatoms. The zero-order valence-corrected chi connectivity index (χ0v) is 23.9. The summed E-state index contributed by atoms with van der Waals surface area (Å²) < 4.78 is 5.55. The number of rotatable bonds is 4. The summed E-state index contributed by atoms with van der Waals surface area (Å²) in [7, 11) is 2.72. The number of ether oxygens (including phenoxy) is 1. The number of carbonyl (C=O) groups is 5. The normalized spacial score (nSPS) is 32.5. The van der Waals surface area contributed by atoms with Gasteiger partial charge in [-0.3, -0.25) is 33.8 Å². The number of halogens is 2. The Hall–Kier alpha value is -3.69. The number of imide groups is 2. The number of likely N-dealkylation sites (tertiary alicyclic amines) is 1. The highest BCUT2D eigenvalue weighted by molar-refractivity contribution is 6.53. The maximum absolute atomic E-state index is 14.0. The second-order valence-electron chi connectivity index (χ2n) is 11.0. The summed E-state index contributed by atoms with van der Waals surface area (Å²) in [5.41, 5.74) is 1.83. The lowest BCUT2D eigenvalue weighted by molar-refractivity contribution is -0.138. The number of fused-ring (bicyclic) bond motifs is 4. The van der Waals surface area contributed by atoms with Crippen molar-refractivity contribution >= 4 is 58.3 Å². The molecular weight excluding hydrogens is 571 g/mol. The molecule has 0 aromatic heterocycles. The summed E-state index contributed by atoms with van der Waals surface area (Å²) in [6, 6.07) is 10.6. The number of phenolic OH excluding ortho intramolecular Hbond substituents is 1. The second-order valence-corrected chi connectivity index (χ2v) is 12.3. The zero-order chi connectivity index (χ0) is 29.6. The molecule has 4 aliphatic rings. The summed E-state index contributed by atoms with van der Waals surface area (Å²) >= 11 is 14.3. The van der Waals surface area contributed by atoms with E-state index in [-0.39, 0.29) is 36.0 Å². The molecule has 0 unspecified atom stereocenters. The van der Waals surface area contributed by atoms with Gasteiger partial charge in [0.2, 0.25) is 11.8 Å². The highest BCUT2D eigenvalue weighted by Crippen LogP contribution is 2.66. The van der Waals surface area contributed by atoms with Gasteiger partial charge in [-0.1, -0.05) is 17.7 Å². The molecule has 4 amide bonds. The number of benzene rings is 2. The van der Waals surface area contributed by atoms with Crippen molar-refractivity contribution in [2.45, 2.75) is 35.4 Å². The Morgan fingerprint density at radius 1 is 1.00 bits per heavy atom. The van der Waals surface area contributed by atoms with Crippen molar-refractivity contribution in [2.24, 2.45) is 17.8 Å². The molecule has 6 atom stereocenters. The van der Waals surface area contributed by atoms with Crippen LogP contribution in [0.5, 0.6) is 11.5 Å². The number of carbonyl (C=O) groups excluding carboxylic acids is 5. The summed E-state index contributed by atoms with van der Waals surface area (Å²) in [5, 5.41) is 10.1. The average Bonchev–Trinajstić information content (AvgIpc) is 3.28. The van der Waals surface area contributed by atoms with E-state index in [0.29, 0.717) is 22.4 Å². The molecule has 2 aliphatic heterocycles. The smallest absolute Gasteiger partial charge is 0.253 e. The third kappa shape index (κ3) is 3.51. The highest BCUT2D eigenvalue weighted by atomic mass is 35.5. The van der Waals surface area contributed by atoms with Gasteiger partial charge in [0.25, 0.3) is 11.8 Å². The second kappa shape index (κ2) is 9.16. The molecule has 0 radical (unpaired) electrons. The van der Waals surface area contributed by atoms with Gasteiger partial charge in [-0.05, 0) is 56.0 Å². The number of aromatic hydroxyl groups is 1. The molecule has 9 nitrogen and oxygen atoms in total. The van der Waals surface area contributed by atoms with E-state index in [1.54, 1.807) is 30.3 Å². The molecule has 1 saturated carbocycles. The summed E-state index contributed by atoms with van der Waals surface area (Å²) in [6.45, 7) is 1.43. The van der Waals surface area contributed by atoms with Gasteiger partial charge in [-0.25, -0.2) is 0 Å². The maximum atomic E-state index is 14.0. The Morgan fingerprint density at radius 3 is 2.32 bits per heavy atom. The topological polar surface area (TPSA) is 121 Å². The first-order valence-electron chi connectivity index (χ1n) is 13.1. The van der Waals surface area contributed by atoms with Crippen molar-refractivity contribution in [2.75, 3.05) is 19.1 Å². The van der Waals surface area contributed by atoms with Crippen molar-refractivity contribution in [3.63, 3.8) is 0 Å². The highest BCUT2D eigenvalue weighted by Gasteiger charge is 2.76. The van der Waals surface area contributed by atoms with Gasteiger partial charge < -0.3 is 9.84 Å². The first-order chi connectivity index (χ1) is 19.4. The number of hydrogen-bond acceptors (Lipinski definition) is 7. The largest absolute Gasteiger partial charge is 0.508 e. The van der Waals surface area contributed by atoms with Crippen LogP contribution in [0.1, 0.15) is 41.6 Å². The van der Waals surface area contributed by atoms with E-state index in [1.807, 2.05) is 6.08 Å². The summed E-state index contributed by atoms with van der Waals surface area (Å²) in [4.78, 5) is 64.8. The van der Waals surface area contributed by atoms with E-state index >= 15 is 0 Å². The van der Waals surface area contributed by atoms with Gasteiger partial charge in [-0.2, -0.15) is 0 Å². The van der Waals surface area contributed by atoms with Crippen LogP contribution in [0.15, 0.2) is 54.1 Å². The van der Waals surface area contributed by atoms with Crippen LogP contribution in [-0.4, -0.2) is 63.3 Å². The number of ketones is 1. The molecule has 0 spiro atoms. The molecule has 0 bridgehead atoms. The van der Waals surface area contributed by atoms with Crippen LogP contribution < -0.4 is 9.64 Å². The number of Topliss-reactive ketones (excluding diaryl/α,β-unsaturated/α-hetero) is 1. The van der Waals surface area contributed by atoms with Crippen LogP contribution in [0.4, 0.5) is 5.69 Å². The van der Waals surface area contributed by atoms with Crippen LogP contribution in [-0.2, 0) is 19.2 Å². The number of hydrogen-bond donors (Lipinski definition) is 1. The van der Waals surface area contributed by atoms with E-state index < -0.39 is 51.1 Å². The first-order valence-corrected chi connectivity index (χ1v) is 13.9. The third-order valence-electron chi connectivity index (χ3n) is 9.07. The summed E-state index contributed by atoms with van der Waals surface area (Å²) in [5.74, 6) is -5.44. The monoisotopic (exact) mass is 596 g/mol. The number of phenols is 1. The Kier molecular flexibility index (Phi) is 6.14. The van der Waals surface area contributed by atoms with Crippen LogP contribution in [0.25, 0.3) is 0 Å². The number of anilines is 1. The molecular formula is C30H26Cl2N2O7. The van der Waals surface area contributed by atoms with Crippen LogP contribution in [0.2, 0.25) is 0 Å². The van der Waals surface area contributed by atoms with Crippen molar-refractivity contribution in [3.8, 4) is 11.5 Å². The van der Waals surface area contributed by atoms with Gasteiger partial charge >= 0.3 is 0 Å². The summed E-state index contributed by atoms with van der Waals surface area (Å²) in [6.07, 6.45) is 1.90. The van der Waals surface area contributed by atoms with Gasteiger partial charge in [0, 0.05) is 30.2 Å². The lowest BCUT2D eigenvalue weighted by atomic mass is 9.56. The average molecular weight is 597 g/mol. The molecule has 41 heavy (non-hydrogen) atoms. The number of allylic oxidation sites excluding steroid dienone is 2. The van der Waals surface area contributed by atoms with E-state index in [1.165, 1.54) is 33.2 Å². The van der Waals surface area contributed by atoms with Gasteiger partial charge in [0.15, 0.2) is 15.5 Å². The van der Waals surface area contributed by atoms with E-state index in [9.17, 15) is 29.1 Å². The fourth-order valence-corrected chi connectivity index (χ4v) is 8.14. The SMILES string of the molecule is COc1cc(O)ccc1[C@H]1C2=CC[C@@H]3C(=O)N(c4ccc(C(C)=O)cc4)C(=O)[C@@H]3[C@@H]2C[C@@]2(Cl)C(=O)N(C)C(=O)[C@@]12Cl. The Bertz CT molecular complexity index is 1590. The van der Waals surface area contributed by atoms with Crippen molar-refractivity contribution < 1.29 is 33.8 Å². The molecule has 2 heterocycles. The lowest BCUT2D eigenvalue weighted by Crippen LogP contribution is -2.60. The van der Waals surface area contributed by atoms with E-state index in [4.69, 9.17) is 27.9 Å². The fourth-order valence-electron chi connectivity index (χ4n) is 7.13. The molecule has 6 rings (SSSR count). The van der Waals surface area contributed by atoms with Gasteiger partial charge in [0.05, 0.1) is 24.6 Å². The van der Waals surface area contributed by atoms with Gasteiger partial charge in [-0.15, -0.1) is 23.2 Å². The number of methoxy groups -OCH3 is 1. The van der Waals surface area contributed by atoms with Crippen LogP contribution in [0.3, 0.4) is 0 Å². The van der Waals surface area contributed by atoms with E-state index in [0.717, 1.165) is 9.80 Å². The van der Waals surface area contributed by atoms with E-state index in [2.05, 4.69) is 0 Å². The molecule has 2 aromatic carbocycles. The molecule has 2 aromatic rings. The van der Waals surface area contributed by atoms with Gasteiger partial charge in [0.1, 0.15) is 11.5 Å². The molecule has 212 valence electrons. The number of amides is 4. The van der Waals surface area contributed by atoms with Crippen LogP contribution >= 0.6 is 23.2 Å². The Morgan fingerprint density at radius 2 is 1.68 bits per heavy atom. The quantitative estimate of drug-likeness (QED) is 0.246. The minimum atomic E-state index is -1.95. The Balaban J connectivity index is 1.50. The Labute approximate surface area is 245 Å². The third-order valence-corrected chi connectivity index (χ3v) is 10.5. The first kappa shape index (κ1) is 27.5.